The first-order valence-corrected chi connectivity index (χ1v) is 28.1. The lowest BCUT2D eigenvalue weighted by Gasteiger charge is -2.19. The third-order valence-corrected chi connectivity index (χ3v) is 18.0. The number of aromatic amines is 4. The van der Waals surface area contributed by atoms with E-state index in [1.54, 1.807) is 0 Å². The molecule has 80 heavy (non-hydrogen) atoms. The summed E-state index contributed by atoms with van der Waals surface area (Å²) in [5, 5.41) is 16.5. The van der Waals surface area contributed by atoms with E-state index in [-0.39, 0.29) is 69.0 Å². The second-order valence-electron chi connectivity index (χ2n) is 25.8. The van der Waals surface area contributed by atoms with Crippen molar-refractivity contribution in [1.29, 1.82) is 0 Å². The highest BCUT2D eigenvalue weighted by Crippen LogP contribution is 2.55. The third kappa shape index (κ3) is 9.23. The summed E-state index contributed by atoms with van der Waals surface area (Å²) < 4.78 is 0. The van der Waals surface area contributed by atoms with Crippen molar-refractivity contribution in [2.75, 3.05) is 21.3 Å². The van der Waals surface area contributed by atoms with Crippen molar-refractivity contribution in [3.8, 4) is 0 Å². The second-order valence-corrected chi connectivity index (χ2v) is 25.8. The molecule has 404 valence electrons. The number of carbonyl (C=O) groups is 4. The predicted octanol–water partition coefficient (Wildman–Crippen LogP) is 10.2. The van der Waals surface area contributed by atoms with Crippen LogP contribution >= 0.6 is 0 Å². The zero-order valence-corrected chi connectivity index (χ0v) is 46.6. The van der Waals surface area contributed by atoms with Crippen molar-refractivity contribution in [3.63, 3.8) is 0 Å². The Bertz CT molecular complexity index is 3770. The van der Waals surface area contributed by atoms with Crippen LogP contribution < -0.4 is 42.7 Å². The molecule has 4 aromatic heterocycles. The molecule has 8 aromatic rings. The molecule has 4 fully saturated rings. The van der Waals surface area contributed by atoms with Gasteiger partial charge in [-0.15, -0.1) is 0 Å². The van der Waals surface area contributed by atoms with Gasteiger partial charge in [0.05, 0.1) is 22.7 Å². The summed E-state index contributed by atoms with van der Waals surface area (Å²) in [4.78, 5) is 72.5. The van der Waals surface area contributed by atoms with Crippen LogP contribution in [-0.2, 0) is 19.2 Å². The Morgan fingerprint density at radius 3 is 0.838 bits per heavy atom. The largest absolute Gasteiger partial charge is 0.354 e. The van der Waals surface area contributed by atoms with E-state index in [9.17, 15) is 19.2 Å². The van der Waals surface area contributed by atoms with Crippen LogP contribution in [0.25, 0.3) is 22.3 Å². The molecule has 0 spiro atoms. The van der Waals surface area contributed by atoms with Crippen molar-refractivity contribution in [2.24, 2.45) is 45.3 Å². The molecule has 4 amide bonds. The first kappa shape index (κ1) is 50.8. The van der Waals surface area contributed by atoms with E-state index >= 15 is 0 Å². The van der Waals surface area contributed by atoms with Gasteiger partial charge in [0, 0.05) is 101 Å². The number of anilines is 4. The van der Waals surface area contributed by atoms with Crippen LogP contribution in [0.1, 0.15) is 126 Å². The van der Waals surface area contributed by atoms with Gasteiger partial charge in [0.1, 0.15) is 0 Å². The lowest BCUT2D eigenvalue weighted by atomic mass is 9.97. The molecule has 8 bridgehead atoms. The molecule has 0 radical (unpaired) electrons. The highest BCUT2D eigenvalue weighted by molar-refractivity contribution is 6.06. The Morgan fingerprint density at radius 2 is 0.575 bits per heavy atom. The van der Waals surface area contributed by atoms with Crippen molar-refractivity contribution >= 4 is 68.7 Å². The van der Waals surface area contributed by atoms with Gasteiger partial charge in [-0.25, -0.2) is 0 Å². The van der Waals surface area contributed by atoms with Crippen LogP contribution in [0.5, 0.6) is 0 Å². The maximum atomic E-state index is 14.2. The summed E-state index contributed by atoms with van der Waals surface area (Å²) in [6.07, 6.45) is 3.14. The van der Waals surface area contributed by atoms with Crippen LogP contribution in [0.2, 0.25) is 0 Å². The Labute approximate surface area is 465 Å². The molecule has 4 aromatic carbocycles. The van der Waals surface area contributed by atoms with Gasteiger partial charge >= 0.3 is 0 Å². The van der Waals surface area contributed by atoms with Crippen LogP contribution in [0.15, 0.2) is 146 Å². The molecule has 12 nitrogen and oxygen atoms in total. The Hall–Kier alpha value is -8.64. The Morgan fingerprint density at radius 1 is 0.325 bits per heavy atom. The lowest BCUT2D eigenvalue weighted by molar-refractivity contribution is -0.118. The fourth-order valence-electron chi connectivity index (χ4n) is 12.3. The zero-order valence-electron chi connectivity index (χ0n) is 46.6. The Kier molecular flexibility index (Phi) is 11.7. The molecule has 8 N–H and O–H groups in total. The number of H-pyrrole nitrogens is 4. The SMILES string of the molecule is CC1(C)C[C@@H]1C(=O)Nc1cccc(NC(=O)[C@@H]2CC2(C)C)c1C1=c2ccc([nH]2)=C(c2ccccc2)c2ccc([nH]2)C(c2c(NC(=O)[C@H]3CC3(C)C)cccc2NC(=O)[C@@H]2CC2(C)C)=c2ccc([nH]2)=C(c2ccccc2)c2ccc1[nH]2. The average molecular weight is 1060 g/mol. The standard InChI is InChI=1S/C68H68N8O4/c1-65(2)33-39(65)61(77)73-43-21-15-22-44(74-62(78)40-34-66(40,3)4)57(43)59-51-29-25-47(69-51)55(37-17-11-9-12-18-37)49-27-31-53(71-49)60(54-32-28-50(72-54)56(38-19-13-10-14-20-38)48-26-30-52(59)70-48)58-45(75-63(79)41-35-67(41,5)6)23-16-24-46(58)76-64(80)42-36-68(42,7)8/h9-32,39-42,69-72H,33-36H2,1-8H3,(H,73,77)(H,74,78)(H,75,79)(H,76,80)/t39-,40+,41-,42+. The summed E-state index contributed by atoms with van der Waals surface area (Å²) >= 11 is 0. The van der Waals surface area contributed by atoms with Crippen LogP contribution in [0, 0.1) is 45.3 Å². The van der Waals surface area contributed by atoms with E-state index in [0.29, 0.717) is 33.9 Å². The van der Waals surface area contributed by atoms with Crippen LogP contribution in [0.4, 0.5) is 22.7 Å². The molecule has 12 heteroatoms. The van der Waals surface area contributed by atoms with Crippen molar-refractivity contribution < 1.29 is 19.2 Å². The monoisotopic (exact) mass is 1060 g/mol. The number of amides is 4. The number of aromatic nitrogens is 4. The highest BCUT2D eigenvalue weighted by Gasteiger charge is 2.53. The van der Waals surface area contributed by atoms with Gasteiger partial charge in [0.25, 0.3) is 0 Å². The van der Waals surface area contributed by atoms with Crippen molar-refractivity contribution in [3.05, 3.63) is 212 Å². The van der Waals surface area contributed by atoms with E-state index in [1.807, 2.05) is 72.8 Å². The average Bonchev–Trinajstić information content (AvgIpc) is 4.32. The smallest absolute Gasteiger partial charge is 0.228 e. The first-order chi connectivity index (χ1) is 38.2. The fourth-order valence-corrected chi connectivity index (χ4v) is 12.3. The maximum absolute atomic E-state index is 14.2. The second kappa shape index (κ2) is 18.5. The third-order valence-electron chi connectivity index (χ3n) is 18.0. The van der Waals surface area contributed by atoms with Gasteiger partial charge in [-0.05, 0) is 131 Å². The quantitative estimate of drug-likeness (QED) is 0.0607. The van der Waals surface area contributed by atoms with Crippen molar-refractivity contribution in [1.82, 2.24) is 19.9 Å². The molecule has 4 aliphatic carbocycles. The number of benzene rings is 4. The van der Waals surface area contributed by atoms with Gasteiger partial charge in [0.2, 0.25) is 23.6 Å². The van der Waals surface area contributed by atoms with Gasteiger partial charge in [0.15, 0.2) is 0 Å². The minimum atomic E-state index is -0.153. The summed E-state index contributed by atoms with van der Waals surface area (Å²) in [5.41, 5.74) is 11.5. The number of carbonyl (C=O) groups excluding carboxylic acids is 4. The van der Waals surface area contributed by atoms with Gasteiger partial charge in [-0.2, -0.15) is 0 Å². The fraction of sp³-hybridized carbons (Fsp3) is 0.294. The molecule has 4 saturated carbocycles. The van der Waals surface area contributed by atoms with Crippen LogP contribution in [0.3, 0.4) is 0 Å². The molecule has 1 aliphatic heterocycles. The molecule has 4 atom stereocenters. The van der Waals surface area contributed by atoms with Gasteiger partial charge in [-0.1, -0.05) is 128 Å². The number of fused-ring (bicyclic) bond motifs is 8. The van der Waals surface area contributed by atoms with E-state index in [4.69, 9.17) is 0 Å². The van der Waals surface area contributed by atoms with E-state index < -0.39 is 0 Å². The predicted molar refractivity (Wildman–Crippen MR) is 316 cm³/mol. The number of nitrogens with one attached hydrogen (secondary N) is 8. The normalized spacial score (nSPS) is 21.3. The summed E-state index contributed by atoms with van der Waals surface area (Å²) in [6.45, 7) is 16.9. The first-order valence-electron chi connectivity index (χ1n) is 28.1. The lowest BCUT2D eigenvalue weighted by Crippen LogP contribution is -2.23. The number of hydrogen-bond donors (Lipinski definition) is 8. The number of rotatable bonds is 12. The zero-order chi connectivity index (χ0) is 55.6. The summed E-state index contributed by atoms with van der Waals surface area (Å²) in [6, 6.07) is 48.6. The Balaban J connectivity index is 1.09. The van der Waals surface area contributed by atoms with E-state index in [0.717, 1.165) is 103 Å². The molecular weight excluding hydrogens is 993 g/mol. The van der Waals surface area contributed by atoms with Gasteiger partial charge < -0.3 is 41.2 Å². The molecule has 5 aliphatic rings. The maximum Gasteiger partial charge on any atom is 0.228 e. The summed E-state index contributed by atoms with van der Waals surface area (Å²) in [5.74, 6) is -0.851. The minimum Gasteiger partial charge on any atom is -0.354 e. The topological polar surface area (TPSA) is 180 Å². The minimum absolute atomic E-state index is 0.0601. The van der Waals surface area contributed by atoms with E-state index in [2.05, 4.69) is 169 Å². The molecule has 13 rings (SSSR count). The van der Waals surface area contributed by atoms with Gasteiger partial charge in [-0.3, -0.25) is 19.2 Å². The molecule has 5 heterocycles. The molecular formula is C68H68N8O4. The number of hydrogen-bond acceptors (Lipinski definition) is 4. The van der Waals surface area contributed by atoms with E-state index in [1.165, 1.54) is 0 Å². The van der Waals surface area contributed by atoms with Crippen LogP contribution in [-0.4, -0.2) is 43.6 Å². The summed E-state index contributed by atoms with van der Waals surface area (Å²) in [7, 11) is 0. The molecule has 0 unspecified atom stereocenters. The van der Waals surface area contributed by atoms with Crippen molar-refractivity contribution in [2.45, 2.75) is 81.1 Å². The highest BCUT2D eigenvalue weighted by atomic mass is 16.2. The molecule has 0 saturated heterocycles.